The number of benzene rings is 2. The SMILES string of the molecule is Cc1ccc(Br)cc1-c1cc(Nc2ccc(CCCCO)cc2)nc(N)n1. The van der Waals surface area contributed by atoms with Gasteiger partial charge in [0.05, 0.1) is 5.69 Å². The molecule has 5 nitrogen and oxygen atoms in total. The van der Waals surface area contributed by atoms with Crippen molar-refractivity contribution in [1.29, 1.82) is 0 Å². The Balaban J connectivity index is 1.79. The van der Waals surface area contributed by atoms with Crippen molar-refractivity contribution in [2.24, 2.45) is 0 Å². The number of hydrogen-bond donors (Lipinski definition) is 3. The number of aliphatic hydroxyl groups is 1. The molecular weight excluding hydrogens is 404 g/mol. The molecule has 2 aromatic carbocycles. The number of aliphatic hydroxyl groups excluding tert-OH is 1. The first-order chi connectivity index (χ1) is 13.0. The molecule has 0 spiro atoms. The van der Waals surface area contributed by atoms with E-state index in [1.165, 1.54) is 5.56 Å². The van der Waals surface area contributed by atoms with E-state index in [0.29, 0.717) is 5.82 Å². The molecule has 0 aliphatic heterocycles. The molecule has 0 atom stereocenters. The lowest BCUT2D eigenvalue weighted by Gasteiger charge is -2.11. The van der Waals surface area contributed by atoms with E-state index in [4.69, 9.17) is 10.8 Å². The van der Waals surface area contributed by atoms with Crippen LogP contribution in [-0.2, 0) is 6.42 Å². The number of nitrogens with zero attached hydrogens (tertiary/aromatic N) is 2. The first-order valence-corrected chi connectivity index (χ1v) is 9.72. The van der Waals surface area contributed by atoms with E-state index >= 15 is 0 Å². The van der Waals surface area contributed by atoms with Crippen LogP contribution < -0.4 is 11.1 Å². The molecular formula is C21H23BrN4O. The normalized spacial score (nSPS) is 10.8. The topological polar surface area (TPSA) is 84.1 Å². The molecule has 1 aromatic heterocycles. The number of nitrogens with one attached hydrogen (secondary N) is 1. The molecule has 0 unspecified atom stereocenters. The number of rotatable bonds is 7. The summed E-state index contributed by atoms with van der Waals surface area (Å²) in [6, 6.07) is 16.2. The minimum absolute atomic E-state index is 0.231. The number of aromatic nitrogens is 2. The molecule has 0 aliphatic carbocycles. The van der Waals surface area contributed by atoms with Gasteiger partial charge in [-0.15, -0.1) is 0 Å². The molecule has 1 heterocycles. The summed E-state index contributed by atoms with van der Waals surface area (Å²) in [5.41, 5.74) is 11.0. The Morgan fingerprint density at radius 3 is 2.56 bits per heavy atom. The van der Waals surface area contributed by atoms with Crippen molar-refractivity contribution in [3.05, 3.63) is 64.1 Å². The maximum atomic E-state index is 8.88. The largest absolute Gasteiger partial charge is 0.396 e. The summed E-state index contributed by atoms with van der Waals surface area (Å²) in [5, 5.41) is 12.2. The van der Waals surface area contributed by atoms with Gasteiger partial charge in [-0.05, 0) is 61.6 Å². The Bertz CT molecular complexity index is 913. The Hall–Kier alpha value is -2.44. The van der Waals surface area contributed by atoms with Gasteiger partial charge in [0.25, 0.3) is 0 Å². The molecule has 3 rings (SSSR count). The third-order valence-corrected chi connectivity index (χ3v) is 4.81. The highest BCUT2D eigenvalue weighted by molar-refractivity contribution is 9.10. The van der Waals surface area contributed by atoms with Crippen LogP contribution >= 0.6 is 15.9 Å². The van der Waals surface area contributed by atoms with Gasteiger partial charge in [0.15, 0.2) is 0 Å². The molecule has 3 aromatic rings. The van der Waals surface area contributed by atoms with Crippen LogP contribution in [-0.4, -0.2) is 21.7 Å². The van der Waals surface area contributed by atoms with Crippen molar-refractivity contribution in [1.82, 2.24) is 9.97 Å². The van der Waals surface area contributed by atoms with Crippen molar-refractivity contribution in [2.75, 3.05) is 17.7 Å². The lowest BCUT2D eigenvalue weighted by atomic mass is 10.1. The molecule has 0 aliphatic rings. The van der Waals surface area contributed by atoms with Gasteiger partial charge in [-0.1, -0.05) is 34.1 Å². The summed E-state index contributed by atoms with van der Waals surface area (Å²) in [6.45, 7) is 2.29. The molecule has 140 valence electrons. The molecule has 0 amide bonds. The number of halogens is 1. The maximum Gasteiger partial charge on any atom is 0.222 e. The van der Waals surface area contributed by atoms with Crippen LogP contribution in [0.5, 0.6) is 0 Å². The number of hydrogen-bond acceptors (Lipinski definition) is 5. The third kappa shape index (κ3) is 5.28. The molecule has 0 fully saturated rings. The smallest absolute Gasteiger partial charge is 0.222 e. The fraction of sp³-hybridized carbons (Fsp3) is 0.238. The molecule has 0 saturated heterocycles. The van der Waals surface area contributed by atoms with Gasteiger partial charge in [0.1, 0.15) is 5.82 Å². The summed E-state index contributed by atoms with van der Waals surface area (Å²) in [4.78, 5) is 8.69. The zero-order valence-corrected chi connectivity index (χ0v) is 16.8. The number of anilines is 3. The Morgan fingerprint density at radius 2 is 1.81 bits per heavy atom. The second-order valence-corrected chi connectivity index (χ2v) is 7.37. The Morgan fingerprint density at radius 1 is 1.04 bits per heavy atom. The van der Waals surface area contributed by atoms with Crippen LogP contribution in [0, 0.1) is 6.92 Å². The van der Waals surface area contributed by atoms with E-state index in [9.17, 15) is 0 Å². The summed E-state index contributed by atoms with van der Waals surface area (Å²) < 4.78 is 0.992. The summed E-state index contributed by atoms with van der Waals surface area (Å²) in [5.74, 6) is 0.889. The Kier molecular flexibility index (Phi) is 6.42. The summed E-state index contributed by atoms with van der Waals surface area (Å²) >= 11 is 3.51. The van der Waals surface area contributed by atoms with Crippen molar-refractivity contribution in [3.8, 4) is 11.3 Å². The minimum Gasteiger partial charge on any atom is -0.396 e. The van der Waals surface area contributed by atoms with Gasteiger partial charge in [-0.25, -0.2) is 4.98 Å². The highest BCUT2D eigenvalue weighted by atomic mass is 79.9. The summed E-state index contributed by atoms with van der Waals surface area (Å²) in [6.07, 6.45) is 2.78. The fourth-order valence-electron chi connectivity index (χ4n) is 2.88. The van der Waals surface area contributed by atoms with Gasteiger partial charge in [0, 0.05) is 28.4 Å². The zero-order chi connectivity index (χ0) is 19.2. The highest BCUT2D eigenvalue weighted by Crippen LogP contribution is 2.28. The van der Waals surface area contributed by atoms with Crippen LogP contribution in [0.2, 0.25) is 0 Å². The van der Waals surface area contributed by atoms with Gasteiger partial charge < -0.3 is 16.2 Å². The van der Waals surface area contributed by atoms with E-state index in [0.717, 1.165) is 46.2 Å². The monoisotopic (exact) mass is 426 g/mol. The number of nitrogen functional groups attached to an aromatic ring is 1. The van der Waals surface area contributed by atoms with Crippen molar-refractivity contribution in [3.63, 3.8) is 0 Å². The molecule has 0 saturated carbocycles. The minimum atomic E-state index is 0.231. The van der Waals surface area contributed by atoms with E-state index in [-0.39, 0.29) is 12.6 Å². The predicted molar refractivity (Wildman–Crippen MR) is 114 cm³/mol. The van der Waals surface area contributed by atoms with Crippen LogP contribution in [0.4, 0.5) is 17.5 Å². The van der Waals surface area contributed by atoms with Crippen LogP contribution in [0.15, 0.2) is 53.0 Å². The van der Waals surface area contributed by atoms with Crippen LogP contribution in [0.3, 0.4) is 0 Å². The van der Waals surface area contributed by atoms with Gasteiger partial charge in [-0.3, -0.25) is 0 Å². The second kappa shape index (κ2) is 8.97. The van der Waals surface area contributed by atoms with Gasteiger partial charge >= 0.3 is 0 Å². The lowest BCUT2D eigenvalue weighted by molar-refractivity contribution is 0.284. The van der Waals surface area contributed by atoms with Crippen molar-refractivity contribution in [2.45, 2.75) is 26.2 Å². The molecule has 6 heteroatoms. The lowest BCUT2D eigenvalue weighted by Crippen LogP contribution is -2.02. The molecule has 0 bridgehead atoms. The number of unbranched alkanes of at least 4 members (excludes halogenated alkanes) is 1. The number of aryl methyl sites for hydroxylation is 2. The average molecular weight is 427 g/mol. The van der Waals surface area contributed by atoms with Crippen LogP contribution in [0.25, 0.3) is 11.3 Å². The van der Waals surface area contributed by atoms with E-state index < -0.39 is 0 Å². The van der Waals surface area contributed by atoms with E-state index in [1.807, 2.05) is 43.3 Å². The predicted octanol–water partition coefficient (Wildman–Crippen LogP) is 4.86. The summed E-state index contributed by atoms with van der Waals surface area (Å²) in [7, 11) is 0. The highest BCUT2D eigenvalue weighted by Gasteiger charge is 2.09. The zero-order valence-electron chi connectivity index (χ0n) is 15.2. The molecule has 4 N–H and O–H groups in total. The second-order valence-electron chi connectivity index (χ2n) is 6.46. The van der Waals surface area contributed by atoms with E-state index in [2.05, 4.69) is 43.3 Å². The van der Waals surface area contributed by atoms with E-state index in [1.54, 1.807) is 0 Å². The molecule has 0 radical (unpaired) electrons. The first kappa shape index (κ1) is 19.3. The fourth-order valence-corrected chi connectivity index (χ4v) is 3.24. The van der Waals surface area contributed by atoms with Gasteiger partial charge in [0.2, 0.25) is 5.95 Å². The van der Waals surface area contributed by atoms with Crippen molar-refractivity contribution < 1.29 is 5.11 Å². The molecule has 27 heavy (non-hydrogen) atoms. The Labute approximate surface area is 167 Å². The quantitative estimate of drug-likeness (QED) is 0.470. The van der Waals surface area contributed by atoms with Gasteiger partial charge in [-0.2, -0.15) is 4.98 Å². The first-order valence-electron chi connectivity index (χ1n) is 8.93. The van der Waals surface area contributed by atoms with Crippen molar-refractivity contribution >= 4 is 33.4 Å². The number of nitrogens with two attached hydrogens (primary N) is 1. The maximum absolute atomic E-state index is 8.88. The third-order valence-electron chi connectivity index (χ3n) is 4.32. The standard InChI is InChI=1S/C21H23BrN4O/c1-14-5-8-16(22)12-18(14)19-13-20(26-21(23)25-19)24-17-9-6-15(7-10-17)4-2-3-11-27/h5-10,12-13,27H,2-4,11H2,1H3,(H3,23,24,25,26). The average Bonchev–Trinajstić information content (AvgIpc) is 2.65. The van der Waals surface area contributed by atoms with Crippen LogP contribution in [0.1, 0.15) is 24.0 Å².